The van der Waals surface area contributed by atoms with Crippen LogP contribution in [-0.4, -0.2) is 11.1 Å². The van der Waals surface area contributed by atoms with E-state index in [1.54, 1.807) is 0 Å². The van der Waals surface area contributed by atoms with Gasteiger partial charge >= 0.3 is 0 Å². The number of aromatic nitrogens is 1. The summed E-state index contributed by atoms with van der Waals surface area (Å²) in [5.41, 5.74) is 7.69. The summed E-state index contributed by atoms with van der Waals surface area (Å²) in [5.74, 6) is 1.60. The maximum Gasteiger partial charge on any atom is 0.213 e. The van der Waals surface area contributed by atoms with Crippen LogP contribution in [-0.2, 0) is 6.54 Å². The van der Waals surface area contributed by atoms with Gasteiger partial charge in [0, 0.05) is 18.3 Å². The Morgan fingerprint density at radius 3 is 2.59 bits per heavy atom. The molecule has 0 bridgehead atoms. The average Bonchev–Trinajstić information content (AvgIpc) is 2.32. The summed E-state index contributed by atoms with van der Waals surface area (Å²) in [6.07, 6.45) is 5.19. The smallest absolute Gasteiger partial charge is 0.213 e. The van der Waals surface area contributed by atoms with Crippen molar-refractivity contribution in [3.63, 3.8) is 0 Å². The molecule has 3 heteroatoms. The number of hydrogen-bond donors (Lipinski definition) is 1. The molecule has 2 N–H and O–H groups in total. The minimum absolute atomic E-state index is 0.349. The Labute approximate surface area is 103 Å². The van der Waals surface area contributed by atoms with Crippen LogP contribution in [0.5, 0.6) is 5.88 Å². The number of nitrogens with two attached hydrogens (primary N) is 1. The molecule has 0 spiro atoms. The molecule has 0 aromatic carbocycles. The largest absolute Gasteiger partial charge is 0.474 e. The molecule has 1 saturated carbocycles. The Bertz CT molecular complexity index is 370. The van der Waals surface area contributed by atoms with E-state index in [0.29, 0.717) is 12.6 Å². The van der Waals surface area contributed by atoms with Crippen molar-refractivity contribution < 1.29 is 4.74 Å². The minimum Gasteiger partial charge on any atom is -0.474 e. The fraction of sp³-hybridized carbons (Fsp3) is 0.643. The fourth-order valence-corrected chi connectivity index (χ4v) is 2.37. The predicted molar refractivity (Wildman–Crippen MR) is 68.9 cm³/mol. The maximum absolute atomic E-state index is 5.93. The summed E-state index contributed by atoms with van der Waals surface area (Å²) >= 11 is 0. The standard InChI is InChI=1S/C14H22N2O/c1-10-3-6-13(7-4-10)17-14-8-5-12(9-15)11(2)16-14/h5,8,10,13H,3-4,6-7,9,15H2,1-2H3. The van der Waals surface area contributed by atoms with Crippen LogP contribution in [0.3, 0.4) is 0 Å². The lowest BCUT2D eigenvalue weighted by Gasteiger charge is -2.26. The van der Waals surface area contributed by atoms with Crippen molar-refractivity contribution in [3.8, 4) is 5.88 Å². The molecule has 17 heavy (non-hydrogen) atoms. The number of rotatable bonds is 3. The first-order valence-corrected chi connectivity index (χ1v) is 6.52. The summed E-state index contributed by atoms with van der Waals surface area (Å²) in [7, 11) is 0. The lowest BCUT2D eigenvalue weighted by Crippen LogP contribution is -2.23. The topological polar surface area (TPSA) is 48.1 Å². The van der Waals surface area contributed by atoms with E-state index in [4.69, 9.17) is 10.5 Å². The summed E-state index contributed by atoms with van der Waals surface area (Å²) in [6, 6.07) is 3.95. The SMILES string of the molecule is Cc1nc(OC2CCC(C)CC2)ccc1CN. The molecule has 1 aromatic rings. The van der Waals surface area contributed by atoms with E-state index >= 15 is 0 Å². The highest BCUT2D eigenvalue weighted by Gasteiger charge is 2.19. The third-order valence-electron chi connectivity index (χ3n) is 3.64. The second kappa shape index (κ2) is 5.50. The number of hydrogen-bond acceptors (Lipinski definition) is 3. The molecule has 0 unspecified atom stereocenters. The van der Waals surface area contributed by atoms with Crippen molar-refractivity contribution in [2.45, 2.75) is 52.2 Å². The van der Waals surface area contributed by atoms with Gasteiger partial charge in [-0.05, 0) is 44.1 Å². The molecule has 0 amide bonds. The van der Waals surface area contributed by atoms with Crippen LogP contribution < -0.4 is 10.5 Å². The molecule has 0 radical (unpaired) electrons. The molecule has 3 nitrogen and oxygen atoms in total. The molecule has 1 aliphatic rings. The van der Waals surface area contributed by atoms with Crippen LogP contribution in [0.25, 0.3) is 0 Å². The predicted octanol–water partition coefficient (Wildman–Crippen LogP) is 2.81. The molecule has 0 aliphatic heterocycles. The first-order valence-electron chi connectivity index (χ1n) is 6.52. The van der Waals surface area contributed by atoms with E-state index in [9.17, 15) is 0 Å². The third-order valence-corrected chi connectivity index (χ3v) is 3.64. The number of ether oxygens (including phenoxy) is 1. The summed E-state index contributed by atoms with van der Waals surface area (Å²) < 4.78 is 5.93. The Hall–Kier alpha value is -1.09. The van der Waals surface area contributed by atoms with Crippen molar-refractivity contribution in [2.24, 2.45) is 11.7 Å². The van der Waals surface area contributed by atoms with Crippen LogP contribution in [0.15, 0.2) is 12.1 Å². The molecular weight excluding hydrogens is 212 g/mol. The van der Waals surface area contributed by atoms with Crippen LogP contribution in [0.2, 0.25) is 0 Å². The van der Waals surface area contributed by atoms with Gasteiger partial charge in [0.1, 0.15) is 6.10 Å². The van der Waals surface area contributed by atoms with E-state index in [2.05, 4.69) is 11.9 Å². The van der Waals surface area contributed by atoms with Gasteiger partial charge in [-0.2, -0.15) is 0 Å². The Morgan fingerprint density at radius 2 is 2.00 bits per heavy atom. The zero-order chi connectivity index (χ0) is 12.3. The van der Waals surface area contributed by atoms with Gasteiger partial charge in [-0.1, -0.05) is 13.0 Å². The van der Waals surface area contributed by atoms with Crippen LogP contribution in [0, 0.1) is 12.8 Å². The molecule has 0 saturated heterocycles. The summed E-state index contributed by atoms with van der Waals surface area (Å²) in [5, 5.41) is 0. The van der Waals surface area contributed by atoms with E-state index in [1.807, 2.05) is 19.1 Å². The zero-order valence-electron chi connectivity index (χ0n) is 10.8. The van der Waals surface area contributed by atoms with E-state index in [1.165, 1.54) is 12.8 Å². The molecule has 1 aliphatic carbocycles. The second-order valence-electron chi connectivity index (χ2n) is 5.10. The van der Waals surface area contributed by atoms with E-state index < -0.39 is 0 Å². The Morgan fingerprint density at radius 1 is 1.29 bits per heavy atom. The first kappa shape index (κ1) is 12.4. The molecule has 0 atom stereocenters. The minimum atomic E-state index is 0.349. The zero-order valence-corrected chi connectivity index (χ0v) is 10.8. The molecule has 1 aromatic heterocycles. The van der Waals surface area contributed by atoms with E-state index in [-0.39, 0.29) is 0 Å². The highest BCUT2D eigenvalue weighted by Crippen LogP contribution is 2.26. The van der Waals surface area contributed by atoms with Gasteiger partial charge in [0.25, 0.3) is 0 Å². The molecule has 94 valence electrons. The number of pyridine rings is 1. The van der Waals surface area contributed by atoms with E-state index in [0.717, 1.165) is 35.9 Å². The molecular formula is C14H22N2O. The highest BCUT2D eigenvalue weighted by atomic mass is 16.5. The van der Waals surface area contributed by atoms with Crippen LogP contribution >= 0.6 is 0 Å². The van der Waals surface area contributed by atoms with Gasteiger partial charge in [0.15, 0.2) is 0 Å². The van der Waals surface area contributed by atoms with Crippen molar-refractivity contribution in [1.82, 2.24) is 4.98 Å². The van der Waals surface area contributed by atoms with Crippen molar-refractivity contribution in [2.75, 3.05) is 0 Å². The monoisotopic (exact) mass is 234 g/mol. The fourth-order valence-electron chi connectivity index (χ4n) is 2.37. The normalized spacial score (nSPS) is 24.6. The van der Waals surface area contributed by atoms with Crippen molar-refractivity contribution >= 4 is 0 Å². The highest BCUT2D eigenvalue weighted by molar-refractivity contribution is 5.24. The van der Waals surface area contributed by atoms with Gasteiger partial charge in [-0.25, -0.2) is 4.98 Å². The molecule has 2 rings (SSSR count). The quantitative estimate of drug-likeness (QED) is 0.874. The molecule has 1 heterocycles. The van der Waals surface area contributed by atoms with Gasteiger partial charge in [-0.3, -0.25) is 0 Å². The summed E-state index contributed by atoms with van der Waals surface area (Å²) in [6.45, 7) is 4.84. The van der Waals surface area contributed by atoms with Gasteiger partial charge < -0.3 is 10.5 Å². The van der Waals surface area contributed by atoms with Gasteiger partial charge in [0.2, 0.25) is 5.88 Å². The lowest BCUT2D eigenvalue weighted by molar-refractivity contribution is 0.130. The average molecular weight is 234 g/mol. The number of aryl methyl sites for hydroxylation is 1. The van der Waals surface area contributed by atoms with Crippen molar-refractivity contribution in [1.29, 1.82) is 0 Å². The lowest BCUT2D eigenvalue weighted by atomic mass is 9.89. The van der Waals surface area contributed by atoms with Crippen LogP contribution in [0.1, 0.15) is 43.9 Å². The van der Waals surface area contributed by atoms with Gasteiger partial charge in [0.05, 0.1) is 0 Å². The summed E-state index contributed by atoms with van der Waals surface area (Å²) in [4.78, 5) is 4.45. The Kier molecular flexibility index (Phi) is 4.00. The van der Waals surface area contributed by atoms with Gasteiger partial charge in [-0.15, -0.1) is 0 Å². The third kappa shape index (κ3) is 3.19. The maximum atomic E-state index is 5.93. The number of nitrogens with zero attached hydrogens (tertiary/aromatic N) is 1. The Balaban J connectivity index is 1.97. The second-order valence-corrected chi connectivity index (χ2v) is 5.10. The first-order chi connectivity index (χ1) is 8.19. The van der Waals surface area contributed by atoms with Crippen LogP contribution in [0.4, 0.5) is 0 Å². The van der Waals surface area contributed by atoms with Crippen molar-refractivity contribution in [3.05, 3.63) is 23.4 Å². The molecule has 1 fully saturated rings.